The van der Waals surface area contributed by atoms with Crippen molar-refractivity contribution in [1.29, 1.82) is 0 Å². The summed E-state index contributed by atoms with van der Waals surface area (Å²) in [5.74, 6) is 0.0607. The summed E-state index contributed by atoms with van der Waals surface area (Å²) in [6.45, 7) is 3.15. The van der Waals surface area contributed by atoms with Gasteiger partial charge in [0.05, 0.1) is 38.9 Å². The predicted molar refractivity (Wildman–Crippen MR) is 110 cm³/mol. The van der Waals surface area contributed by atoms with Gasteiger partial charge in [0.2, 0.25) is 11.8 Å². The van der Waals surface area contributed by atoms with Crippen LogP contribution in [0.15, 0.2) is 28.9 Å². The molecule has 0 N–H and O–H groups in total. The molecule has 2 heterocycles. The number of rotatable bonds is 7. The van der Waals surface area contributed by atoms with Gasteiger partial charge in [-0.1, -0.05) is 0 Å². The highest BCUT2D eigenvalue weighted by Crippen LogP contribution is 2.26. The van der Waals surface area contributed by atoms with Gasteiger partial charge in [-0.2, -0.15) is 0 Å². The van der Waals surface area contributed by atoms with Gasteiger partial charge in [0.15, 0.2) is 0 Å². The maximum absolute atomic E-state index is 12.6. The number of nitrogens with zero attached hydrogens (tertiary/aromatic N) is 2. The number of likely N-dealkylation sites (tertiary alicyclic amines) is 1. The van der Waals surface area contributed by atoms with Crippen molar-refractivity contribution < 1.29 is 28.3 Å². The van der Waals surface area contributed by atoms with E-state index in [-0.39, 0.29) is 36.7 Å². The van der Waals surface area contributed by atoms with Crippen LogP contribution in [0.3, 0.4) is 0 Å². The largest absolute Gasteiger partial charge is 0.497 e. The summed E-state index contributed by atoms with van der Waals surface area (Å²) in [6, 6.07) is 5.45. The Kier molecular flexibility index (Phi) is 6.97. The number of esters is 1. The Morgan fingerprint density at radius 3 is 2.63 bits per heavy atom. The third-order valence-corrected chi connectivity index (χ3v) is 5.47. The van der Waals surface area contributed by atoms with Gasteiger partial charge in [-0.25, -0.2) is 0 Å². The van der Waals surface area contributed by atoms with Gasteiger partial charge in [-0.3, -0.25) is 14.4 Å². The molecule has 1 aliphatic heterocycles. The molecule has 2 amide bonds. The fourth-order valence-corrected chi connectivity index (χ4v) is 3.64. The molecule has 1 aromatic heterocycles. The molecule has 30 heavy (non-hydrogen) atoms. The first-order valence-electron chi connectivity index (χ1n) is 10.2. The van der Waals surface area contributed by atoms with Crippen molar-refractivity contribution in [3.63, 3.8) is 0 Å². The molecule has 0 spiro atoms. The number of ether oxygens (including phenoxy) is 2. The van der Waals surface area contributed by atoms with Gasteiger partial charge in [0.1, 0.15) is 11.3 Å². The number of fused-ring (bicyclic) bond motifs is 1. The van der Waals surface area contributed by atoms with Crippen LogP contribution < -0.4 is 4.74 Å². The lowest BCUT2D eigenvalue weighted by atomic mass is 9.97. The molecule has 0 atom stereocenters. The van der Waals surface area contributed by atoms with Crippen LogP contribution in [0.1, 0.15) is 25.3 Å². The summed E-state index contributed by atoms with van der Waals surface area (Å²) in [5, 5.41) is 0.852. The average Bonchev–Trinajstić information content (AvgIpc) is 3.15. The number of furan rings is 1. The molecular formula is C22H28N2O6. The van der Waals surface area contributed by atoms with E-state index >= 15 is 0 Å². The predicted octanol–water partition coefficient (Wildman–Crippen LogP) is 2.24. The van der Waals surface area contributed by atoms with Crippen LogP contribution in [-0.2, 0) is 25.5 Å². The maximum Gasteiger partial charge on any atom is 0.309 e. The number of amides is 2. The Morgan fingerprint density at radius 1 is 1.23 bits per heavy atom. The van der Waals surface area contributed by atoms with E-state index in [0.29, 0.717) is 43.9 Å². The van der Waals surface area contributed by atoms with E-state index in [9.17, 15) is 14.4 Å². The Morgan fingerprint density at radius 2 is 1.97 bits per heavy atom. The van der Waals surface area contributed by atoms with Crippen molar-refractivity contribution in [3.8, 4) is 5.75 Å². The van der Waals surface area contributed by atoms with Crippen LogP contribution in [0.25, 0.3) is 11.0 Å². The van der Waals surface area contributed by atoms with Crippen molar-refractivity contribution in [3.05, 3.63) is 30.0 Å². The van der Waals surface area contributed by atoms with E-state index in [2.05, 4.69) is 0 Å². The number of likely N-dealkylation sites (N-methyl/N-ethyl adjacent to an activating group) is 1. The van der Waals surface area contributed by atoms with Crippen molar-refractivity contribution in [1.82, 2.24) is 9.80 Å². The van der Waals surface area contributed by atoms with Crippen LogP contribution in [0, 0.1) is 5.92 Å². The summed E-state index contributed by atoms with van der Waals surface area (Å²) in [6.07, 6.45) is 2.89. The Labute approximate surface area is 175 Å². The van der Waals surface area contributed by atoms with E-state index in [0.717, 1.165) is 10.9 Å². The summed E-state index contributed by atoms with van der Waals surface area (Å²) in [5.41, 5.74) is 1.42. The lowest BCUT2D eigenvalue weighted by molar-refractivity contribution is -0.151. The smallest absolute Gasteiger partial charge is 0.309 e. The molecule has 1 fully saturated rings. The molecule has 2 aromatic rings. The molecule has 0 aliphatic carbocycles. The first kappa shape index (κ1) is 21.7. The second-order valence-corrected chi connectivity index (χ2v) is 7.46. The van der Waals surface area contributed by atoms with E-state index in [1.807, 2.05) is 12.1 Å². The minimum absolute atomic E-state index is 0.00646. The van der Waals surface area contributed by atoms with E-state index in [1.165, 1.54) is 4.90 Å². The van der Waals surface area contributed by atoms with E-state index in [1.54, 1.807) is 38.3 Å². The lowest BCUT2D eigenvalue weighted by Crippen LogP contribution is -2.45. The van der Waals surface area contributed by atoms with Crippen LogP contribution >= 0.6 is 0 Å². The molecule has 0 unspecified atom stereocenters. The molecule has 1 aliphatic rings. The highest BCUT2D eigenvalue weighted by molar-refractivity contribution is 5.90. The van der Waals surface area contributed by atoms with Crippen LogP contribution in [0.5, 0.6) is 5.75 Å². The zero-order valence-corrected chi connectivity index (χ0v) is 17.7. The lowest BCUT2D eigenvalue weighted by Gasteiger charge is -2.32. The molecule has 162 valence electrons. The van der Waals surface area contributed by atoms with Crippen LogP contribution in [-0.4, -0.2) is 68.0 Å². The van der Waals surface area contributed by atoms with Gasteiger partial charge in [-0.15, -0.1) is 0 Å². The minimum atomic E-state index is -0.193. The normalized spacial score (nSPS) is 14.6. The fourth-order valence-electron chi connectivity index (χ4n) is 3.64. The molecule has 3 rings (SSSR count). The maximum atomic E-state index is 12.6. The van der Waals surface area contributed by atoms with Crippen LogP contribution in [0.4, 0.5) is 0 Å². The highest BCUT2D eigenvalue weighted by Gasteiger charge is 2.29. The van der Waals surface area contributed by atoms with Gasteiger partial charge in [-0.05, 0) is 31.9 Å². The number of benzene rings is 1. The number of carbonyl (C=O) groups excluding carboxylic acids is 3. The number of methoxy groups -OCH3 is 1. The van der Waals surface area contributed by atoms with E-state index in [4.69, 9.17) is 13.9 Å². The van der Waals surface area contributed by atoms with E-state index < -0.39 is 0 Å². The first-order chi connectivity index (χ1) is 14.4. The van der Waals surface area contributed by atoms with Gasteiger partial charge in [0, 0.05) is 37.2 Å². The van der Waals surface area contributed by atoms with Crippen LogP contribution in [0.2, 0.25) is 0 Å². The van der Waals surface area contributed by atoms with Crippen molar-refractivity contribution >= 4 is 28.8 Å². The SMILES string of the molecule is CCOC(=O)C1CCN(C(=O)CN(C)C(=O)Cc2coc3cc(OC)ccc23)CC1. The minimum Gasteiger partial charge on any atom is -0.497 e. The zero-order chi connectivity index (χ0) is 21.7. The van der Waals surface area contributed by atoms with Crippen molar-refractivity contribution in [2.24, 2.45) is 5.92 Å². The second-order valence-electron chi connectivity index (χ2n) is 7.46. The van der Waals surface area contributed by atoms with Crippen molar-refractivity contribution in [2.45, 2.75) is 26.2 Å². The average molecular weight is 416 g/mol. The zero-order valence-electron chi connectivity index (χ0n) is 17.7. The van der Waals surface area contributed by atoms with Gasteiger partial charge in [0.25, 0.3) is 0 Å². The number of piperidine rings is 1. The van der Waals surface area contributed by atoms with Crippen molar-refractivity contribution in [2.75, 3.05) is 40.4 Å². The molecular weight excluding hydrogens is 388 g/mol. The quantitative estimate of drug-likeness (QED) is 0.643. The summed E-state index contributed by atoms with van der Waals surface area (Å²) in [7, 11) is 3.21. The first-order valence-corrected chi connectivity index (χ1v) is 10.2. The Hall–Kier alpha value is -3.03. The second kappa shape index (κ2) is 9.65. The standard InChI is InChI=1S/C22H28N2O6/c1-4-29-22(27)15-7-9-24(10-8-15)21(26)13-23(2)20(25)11-16-14-30-19-12-17(28-3)5-6-18(16)19/h5-6,12,14-15H,4,7-11,13H2,1-3H3. The molecule has 0 saturated carbocycles. The molecule has 1 saturated heterocycles. The number of hydrogen-bond acceptors (Lipinski definition) is 6. The molecule has 8 nitrogen and oxygen atoms in total. The summed E-state index contributed by atoms with van der Waals surface area (Å²) in [4.78, 5) is 40.2. The summed E-state index contributed by atoms with van der Waals surface area (Å²) >= 11 is 0. The number of carbonyl (C=O) groups is 3. The molecule has 1 aromatic carbocycles. The number of hydrogen-bond donors (Lipinski definition) is 0. The Balaban J connectivity index is 1.52. The molecule has 0 radical (unpaired) electrons. The summed E-state index contributed by atoms with van der Waals surface area (Å²) < 4.78 is 15.8. The van der Waals surface area contributed by atoms with Gasteiger partial charge < -0.3 is 23.7 Å². The topological polar surface area (TPSA) is 89.3 Å². The fraction of sp³-hybridized carbons (Fsp3) is 0.500. The Bertz CT molecular complexity index is 913. The van der Waals surface area contributed by atoms with Gasteiger partial charge >= 0.3 is 5.97 Å². The third kappa shape index (κ3) is 4.93. The monoisotopic (exact) mass is 416 g/mol. The third-order valence-electron chi connectivity index (χ3n) is 5.47. The molecule has 8 heteroatoms. The molecule has 0 bridgehead atoms. The highest BCUT2D eigenvalue weighted by atomic mass is 16.5.